The summed E-state index contributed by atoms with van der Waals surface area (Å²) < 4.78 is 3.48. The first-order valence-corrected chi connectivity index (χ1v) is 10.7. The van der Waals surface area contributed by atoms with E-state index >= 15 is 0 Å². The number of carbonyl (C=O) groups is 1. The molecule has 2 unspecified atom stereocenters. The third kappa shape index (κ3) is 3.26. The predicted molar refractivity (Wildman–Crippen MR) is 115 cm³/mol. The number of carbonyl (C=O) groups excluding carboxylic acids is 1. The van der Waals surface area contributed by atoms with E-state index in [0.717, 1.165) is 49.1 Å². The van der Waals surface area contributed by atoms with Crippen LogP contribution in [0.1, 0.15) is 38.3 Å². The van der Waals surface area contributed by atoms with E-state index in [1.807, 2.05) is 40.7 Å². The van der Waals surface area contributed by atoms with Crippen LogP contribution in [0.15, 0.2) is 47.7 Å². The summed E-state index contributed by atoms with van der Waals surface area (Å²) in [7, 11) is 0. The number of para-hydroxylation sites is 2. The number of imidazole rings is 1. The van der Waals surface area contributed by atoms with Gasteiger partial charge in [-0.3, -0.25) is 9.59 Å². The Hall–Kier alpha value is -3.16. The molecule has 2 aliphatic rings. The number of aromatic nitrogens is 4. The van der Waals surface area contributed by atoms with Crippen molar-refractivity contribution >= 4 is 22.6 Å². The lowest BCUT2D eigenvalue weighted by Crippen LogP contribution is -2.46. The molecule has 2 atom stereocenters. The summed E-state index contributed by atoms with van der Waals surface area (Å²) in [4.78, 5) is 34.4. The smallest absolute Gasteiger partial charge is 0.269 e. The molecule has 156 valence electrons. The number of hydrogen-bond donors (Lipinski definition) is 0. The van der Waals surface area contributed by atoms with Crippen molar-refractivity contribution in [1.82, 2.24) is 24.2 Å². The number of amides is 1. The van der Waals surface area contributed by atoms with Crippen molar-refractivity contribution in [1.29, 1.82) is 0 Å². The van der Waals surface area contributed by atoms with E-state index in [-0.39, 0.29) is 23.6 Å². The molecule has 30 heavy (non-hydrogen) atoms. The van der Waals surface area contributed by atoms with Crippen LogP contribution in [-0.4, -0.2) is 56.3 Å². The van der Waals surface area contributed by atoms with Gasteiger partial charge in [0.15, 0.2) is 0 Å². The molecule has 5 rings (SSSR count). The second kappa shape index (κ2) is 7.59. The fraction of sp³-hybridized carbons (Fsp3) is 0.455. The zero-order valence-electron chi connectivity index (χ0n) is 17.1. The zero-order chi connectivity index (χ0) is 20.7. The Morgan fingerprint density at radius 1 is 1.17 bits per heavy atom. The van der Waals surface area contributed by atoms with Crippen LogP contribution >= 0.6 is 0 Å². The average Bonchev–Trinajstić information content (AvgIpc) is 3.16. The fourth-order valence-corrected chi connectivity index (χ4v) is 4.45. The average molecular weight is 406 g/mol. The maximum Gasteiger partial charge on any atom is 0.269 e. The minimum Gasteiger partial charge on any atom is -0.370 e. The third-order valence-corrected chi connectivity index (χ3v) is 6.34. The first-order chi connectivity index (χ1) is 14.6. The van der Waals surface area contributed by atoms with Crippen LogP contribution in [0, 0.1) is 0 Å². The summed E-state index contributed by atoms with van der Waals surface area (Å²) in [5.74, 6) is 0.0492. The number of nitrogens with zero attached hydrogens (tertiary/aromatic N) is 6. The van der Waals surface area contributed by atoms with Crippen molar-refractivity contribution in [2.75, 3.05) is 31.1 Å². The molecule has 0 saturated carbocycles. The van der Waals surface area contributed by atoms with E-state index in [2.05, 4.69) is 15.0 Å². The van der Waals surface area contributed by atoms with Gasteiger partial charge in [-0.2, -0.15) is 5.10 Å². The highest BCUT2D eigenvalue weighted by Gasteiger charge is 2.30. The first-order valence-electron chi connectivity index (χ1n) is 10.7. The number of rotatable bonds is 4. The van der Waals surface area contributed by atoms with E-state index in [9.17, 15) is 9.59 Å². The molecule has 2 aromatic heterocycles. The highest BCUT2D eigenvalue weighted by molar-refractivity contribution is 5.83. The zero-order valence-corrected chi connectivity index (χ0v) is 17.1. The van der Waals surface area contributed by atoms with Crippen molar-refractivity contribution in [2.45, 2.75) is 38.3 Å². The van der Waals surface area contributed by atoms with Gasteiger partial charge in [0, 0.05) is 32.2 Å². The summed E-state index contributed by atoms with van der Waals surface area (Å²) >= 11 is 0. The Labute approximate surface area is 174 Å². The molecular formula is C22H26N6O2. The van der Waals surface area contributed by atoms with E-state index in [1.54, 1.807) is 23.3 Å². The highest BCUT2D eigenvalue weighted by atomic mass is 16.2. The molecule has 1 amide bonds. The molecule has 2 fully saturated rings. The lowest BCUT2D eigenvalue weighted by molar-refractivity contribution is -0.136. The minimum atomic E-state index is -0.352. The van der Waals surface area contributed by atoms with Gasteiger partial charge in [-0.15, -0.1) is 0 Å². The Balaban J connectivity index is 1.33. The molecule has 3 aromatic rings. The van der Waals surface area contributed by atoms with Crippen molar-refractivity contribution in [3.63, 3.8) is 0 Å². The standard InChI is InChI=1S/C22H26N6O2/c1-16(27-15-23-19-7-2-3-8-20(19)27)22(30)26-9-4-6-17(14-26)28-21(29)12-18(13-24-28)25-10-5-11-25/h2-3,7-8,12-13,15-17H,4-6,9-11,14H2,1H3. The Kier molecular flexibility index (Phi) is 4.77. The summed E-state index contributed by atoms with van der Waals surface area (Å²) in [6.07, 6.45) is 6.38. The molecule has 8 heteroatoms. The van der Waals surface area contributed by atoms with Crippen molar-refractivity contribution in [3.05, 3.63) is 53.2 Å². The molecule has 1 aromatic carbocycles. The fourth-order valence-electron chi connectivity index (χ4n) is 4.45. The van der Waals surface area contributed by atoms with Gasteiger partial charge in [0.2, 0.25) is 5.91 Å². The first kappa shape index (κ1) is 18.8. The monoisotopic (exact) mass is 406 g/mol. The maximum atomic E-state index is 13.3. The number of piperidine rings is 1. The summed E-state index contributed by atoms with van der Waals surface area (Å²) in [5, 5.41) is 4.44. The molecule has 0 bridgehead atoms. The van der Waals surface area contributed by atoms with E-state index < -0.39 is 0 Å². The maximum absolute atomic E-state index is 13.3. The lowest BCUT2D eigenvalue weighted by atomic mass is 10.0. The van der Waals surface area contributed by atoms with Gasteiger partial charge >= 0.3 is 0 Å². The second-order valence-corrected chi connectivity index (χ2v) is 8.23. The minimum absolute atomic E-state index is 0.0492. The van der Waals surface area contributed by atoms with Crippen LogP contribution in [0.5, 0.6) is 0 Å². The van der Waals surface area contributed by atoms with Gasteiger partial charge in [0.1, 0.15) is 6.04 Å². The SMILES string of the molecule is CC(C(=O)N1CCCC(n2ncc(N3CCC3)cc2=O)C1)n1cnc2ccccc21. The second-order valence-electron chi connectivity index (χ2n) is 8.23. The van der Waals surface area contributed by atoms with Gasteiger partial charge in [-0.25, -0.2) is 9.67 Å². The van der Waals surface area contributed by atoms with Gasteiger partial charge in [0.25, 0.3) is 5.56 Å². The van der Waals surface area contributed by atoms with Crippen molar-refractivity contribution < 1.29 is 4.79 Å². The van der Waals surface area contributed by atoms with Crippen LogP contribution in [-0.2, 0) is 4.79 Å². The quantitative estimate of drug-likeness (QED) is 0.664. The van der Waals surface area contributed by atoms with Crippen LogP contribution in [0.2, 0.25) is 0 Å². The van der Waals surface area contributed by atoms with Crippen LogP contribution in [0.25, 0.3) is 11.0 Å². The lowest BCUT2D eigenvalue weighted by Gasteiger charge is -2.35. The Morgan fingerprint density at radius 3 is 2.77 bits per heavy atom. The predicted octanol–water partition coefficient (Wildman–Crippen LogP) is 2.23. The molecule has 0 radical (unpaired) electrons. The van der Waals surface area contributed by atoms with Crippen molar-refractivity contribution in [2.24, 2.45) is 0 Å². The largest absolute Gasteiger partial charge is 0.370 e. The summed E-state index contributed by atoms with van der Waals surface area (Å²) in [6.45, 7) is 5.08. The van der Waals surface area contributed by atoms with Gasteiger partial charge in [0.05, 0.1) is 35.3 Å². The molecule has 0 spiro atoms. The molecule has 2 saturated heterocycles. The highest BCUT2D eigenvalue weighted by Crippen LogP contribution is 2.25. The summed E-state index contributed by atoms with van der Waals surface area (Å²) in [5.41, 5.74) is 2.64. The number of anilines is 1. The normalized spacial score (nSPS) is 20.2. The van der Waals surface area contributed by atoms with Crippen LogP contribution < -0.4 is 10.5 Å². The van der Waals surface area contributed by atoms with Crippen molar-refractivity contribution in [3.8, 4) is 0 Å². The molecule has 8 nitrogen and oxygen atoms in total. The molecule has 2 aliphatic heterocycles. The molecule has 0 N–H and O–H groups in total. The number of fused-ring (bicyclic) bond motifs is 1. The Bertz CT molecular complexity index is 1130. The van der Waals surface area contributed by atoms with Crippen LogP contribution in [0.4, 0.5) is 5.69 Å². The number of benzene rings is 1. The number of hydrogen-bond acceptors (Lipinski definition) is 5. The third-order valence-electron chi connectivity index (χ3n) is 6.34. The molecule has 0 aliphatic carbocycles. The summed E-state index contributed by atoms with van der Waals surface area (Å²) in [6, 6.07) is 9.06. The van der Waals surface area contributed by atoms with E-state index in [1.165, 1.54) is 0 Å². The van der Waals surface area contributed by atoms with Gasteiger partial charge in [-0.05, 0) is 38.3 Å². The Morgan fingerprint density at radius 2 is 2.00 bits per heavy atom. The topological polar surface area (TPSA) is 76.3 Å². The number of likely N-dealkylation sites (tertiary alicyclic amines) is 1. The van der Waals surface area contributed by atoms with Crippen LogP contribution in [0.3, 0.4) is 0 Å². The van der Waals surface area contributed by atoms with E-state index in [4.69, 9.17) is 0 Å². The molecular weight excluding hydrogens is 380 g/mol. The molecule has 4 heterocycles. The van der Waals surface area contributed by atoms with Gasteiger partial charge < -0.3 is 14.4 Å². The van der Waals surface area contributed by atoms with E-state index in [0.29, 0.717) is 13.1 Å². The van der Waals surface area contributed by atoms with Gasteiger partial charge in [-0.1, -0.05) is 12.1 Å².